The summed E-state index contributed by atoms with van der Waals surface area (Å²) >= 11 is -0.240. The van der Waals surface area contributed by atoms with Crippen LogP contribution in [0.2, 0.25) is 0 Å². The van der Waals surface area contributed by atoms with E-state index in [1.165, 1.54) is 29.2 Å². The molecule has 2 amide bonds. The number of alkyl halides is 3. The number of nitrogens with zero attached hydrogens (tertiary/aromatic N) is 1. The molecule has 1 saturated heterocycles. The van der Waals surface area contributed by atoms with Gasteiger partial charge in [0.15, 0.2) is 0 Å². The number of thioether (sulfide) groups is 1. The number of carbonyl (C=O) groups is 2. The highest BCUT2D eigenvalue weighted by atomic mass is 32.2. The van der Waals surface area contributed by atoms with Crippen molar-refractivity contribution in [2.24, 2.45) is 0 Å². The zero-order valence-electron chi connectivity index (χ0n) is 13.2. The summed E-state index contributed by atoms with van der Waals surface area (Å²) in [5.74, 6) is -0.463. The number of hydrogen-bond acceptors (Lipinski definition) is 4. The highest BCUT2D eigenvalue weighted by molar-refractivity contribution is 8.00. The molecule has 0 saturated carbocycles. The maximum Gasteiger partial charge on any atom is 0.446 e. The molecule has 2 aromatic carbocycles. The van der Waals surface area contributed by atoms with Crippen molar-refractivity contribution in [3.05, 3.63) is 54.1 Å². The van der Waals surface area contributed by atoms with Gasteiger partial charge in [-0.2, -0.15) is 13.2 Å². The minimum Gasteiger partial charge on any atom is -0.447 e. The van der Waals surface area contributed by atoms with E-state index in [4.69, 9.17) is 4.74 Å². The van der Waals surface area contributed by atoms with Crippen LogP contribution in [0, 0.1) is 0 Å². The molecule has 136 valence electrons. The van der Waals surface area contributed by atoms with E-state index in [1.807, 2.05) is 0 Å². The van der Waals surface area contributed by atoms with Crippen molar-refractivity contribution >= 4 is 35.1 Å². The van der Waals surface area contributed by atoms with E-state index in [2.05, 4.69) is 5.32 Å². The SMILES string of the molecule is O=C(Nc1cccc(N2CCOC2=O)c1)c1ccc(SC(F)(F)F)cc1. The van der Waals surface area contributed by atoms with Crippen molar-refractivity contribution in [2.75, 3.05) is 23.4 Å². The standard InChI is InChI=1S/C17H13F3N2O3S/c18-17(19,20)26-14-6-4-11(5-7-14)15(23)21-12-2-1-3-13(10-12)22-8-9-25-16(22)24/h1-7,10H,8-9H2,(H,21,23). The molecule has 1 fully saturated rings. The fraction of sp³-hybridized carbons (Fsp3) is 0.176. The predicted octanol–water partition coefficient (Wildman–Crippen LogP) is 4.51. The molecule has 9 heteroatoms. The fourth-order valence-corrected chi connectivity index (χ4v) is 2.93. The third-order valence-electron chi connectivity index (χ3n) is 3.53. The van der Waals surface area contributed by atoms with Crippen molar-refractivity contribution in [3.63, 3.8) is 0 Å². The second-order valence-corrected chi connectivity index (χ2v) is 6.48. The van der Waals surface area contributed by atoms with Crippen LogP contribution in [-0.2, 0) is 4.74 Å². The van der Waals surface area contributed by atoms with Crippen LogP contribution in [0.4, 0.5) is 29.3 Å². The number of hydrogen-bond donors (Lipinski definition) is 1. The van der Waals surface area contributed by atoms with Crippen LogP contribution >= 0.6 is 11.8 Å². The highest BCUT2D eigenvalue weighted by Crippen LogP contribution is 2.36. The smallest absolute Gasteiger partial charge is 0.446 e. The van der Waals surface area contributed by atoms with Crippen LogP contribution in [0.25, 0.3) is 0 Å². The van der Waals surface area contributed by atoms with Crippen LogP contribution in [0.3, 0.4) is 0 Å². The number of cyclic esters (lactones) is 1. The number of rotatable bonds is 4. The number of carbonyl (C=O) groups excluding carboxylic acids is 2. The van der Waals surface area contributed by atoms with Crippen molar-refractivity contribution in [1.29, 1.82) is 0 Å². The molecule has 0 atom stereocenters. The molecular weight excluding hydrogens is 369 g/mol. The van der Waals surface area contributed by atoms with E-state index in [0.29, 0.717) is 24.5 Å². The van der Waals surface area contributed by atoms with E-state index < -0.39 is 17.5 Å². The summed E-state index contributed by atoms with van der Waals surface area (Å²) in [6.45, 7) is 0.728. The minimum absolute atomic E-state index is 0.00333. The lowest BCUT2D eigenvalue weighted by atomic mass is 10.2. The van der Waals surface area contributed by atoms with Gasteiger partial charge in [0, 0.05) is 21.8 Å². The molecule has 1 aliphatic heterocycles. The quantitative estimate of drug-likeness (QED) is 0.791. The van der Waals surface area contributed by atoms with Gasteiger partial charge in [0.25, 0.3) is 5.91 Å². The Kier molecular flexibility index (Phi) is 5.08. The summed E-state index contributed by atoms with van der Waals surface area (Å²) in [6.07, 6.45) is -0.453. The number of ether oxygens (including phenoxy) is 1. The number of halogens is 3. The van der Waals surface area contributed by atoms with Gasteiger partial charge in [-0.25, -0.2) is 4.79 Å². The van der Waals surface area contributed by atoms with Crippen LogP contribution in [0.1, 0.15) is 10.4 Å². The third-order valence-corrected chi connectivity index (χ3v) is 4.27. The molecule has 26 heavy (non-hydrogen) atoms. The molecule has 3 rings (SSSR count). The first kappa shape index (κ1) is 18.1. The molecule has 0 aliphatic carbocycles. The van der Waals surface area contributed by atoms with Gasteiger partial charge >= 0.3 is 11.6 Å². The number of anilines is 2. The predicted molar refractivity (Wildman–Crippen MR) is 91.4 cm³/mol. The maximum absolute atomic E-state index is 12.3. The van der Waals surface area contributed by atoms with Crippen LogP contribution in [0.5, 0.6) is 0 Å². The van der Waals surface area contributed by atoms with Gasteiger partial charge in [0.1, 0.15) is 6.61 Å². The minimum atomic E-state index is -4.37. The molecule has 1 heterocycles. The monoisotopic (exact) mass is 382 g/mol. The van der Waals surface area contributed by atoms with Gasteiger partial charge in [0.05, 0.1) is 6.54 Å². The van der Waals surface area contributed by atoms with Crippen LogP contribution in [0.15, 0.2) is 53.4 Å². The maximum atomic E-state index is 12.3. The molecule has 0 unspecified atom stereocenters. The van der Waals surface area contributed by atoms with E-state index in [-0.39, 0.29) is 22.2 Å². The van der Waals surface area contributed by atoms with Gasteiger partial charge < -0.3 is 10.1 Å². The first-order valence-electron chi connectivity index (χ1n) is 7.53. The third kappa shape index (κ3) is 4.48. The van der Waals surface area contributed by atoms with E-state index in [0.717, 1.165) is 0 Å². The van der Waals surface area contributed by atoms with Gasteiger partial charge in [0.2, 0.25) is 0 Å². The first-order valence-corrected chi connectivity index (χ1v) is 8.35. The van der Waals surface area contributed by atoms with Gasteiger partial charge in [-0.1, -0.05) is 6.07 Å². The second kappa shape index (κ2) is 7.28. The fourth-order valence-electron chi connectivity index (χ4n) is 2.39. The zero-order valence-corrected chi connectivity index (χ0v) is 14.1. The molecule has 2 aromatic rings. The van der Waals surface area contributed by atoms with Crippen LogP contribution in [-0.4, -0.2) is 30.7 Å². The Labute approximate surface area is 151 Å². The lowest BCUT2D eigenvalue weighted by molar-refractivity contribution is -0.0328. The number of amides is 2. The second-order valence-electron chi connectivity index (χ2n) is 5.34. The number of nitrogens with one attached hydrogen (secondary N) is 1. The molecule has 1 aliphatic rings. The molecular formula is C17H13F3N2O3S. The lowest BCUT2D eigenvalue weighted by Gasteiger charge is -2.14. The Bertz CT molecular complexity index is 825. The van der Waals surface area contributed by atoms with Gasteiger partial charge in [-0.15, -0.1) is 0 Å². The normalized spacial score (nSPS) is 14.3. The topological polar surface area (TPSA) is 58.6 Å². The lowest BCUT2D eigenvalue weighted by Crippen LogP contribution is -2.23. The summed E-state index contributed by atoms with van der Waals surface area (Å²) in [7, 11) is 0. The summed E-state index contributed by atoms with van der Waals surface area (Å²) in [5.41, 5.74) is -3.10. The summed E-state index contributed by atoms with van der Waals surface area (Å²) in [5, 5.41) is 2.66. The van der Waals surface area contributed by atoms with Crippen molar-refractivity contribution in [2.45, 2.75) is 10.4 Å². The van der Waals surface area contributed by atoms with E-state index in [9.17, 15) is 22.8 Å². The Morgan fingerprint density at radius 2 is 1.88 bits per heavy atom. The van der Waals surface area contributed by atoms with Crippen molar-refractivity contribution < 1.29 is 27.5 Å². The molecule has 0 bridgehead atoms. The number of benzene rings is 2. The summed E-state index contributed by atoms with van der Waals surface area (Å²) in [6, 6.07) is 11.8. The molecule has 5 nitrogen and oxygen atoms in total. The van der Waals surface area contributed by atoms with E-state index in [1.54, 1.807) is 24.3 Å². The van der Waals surface area contributed by atoms with Crippen molar-refractivity contribution in [3.8, 4) is 0 Å². The van der Waals surface area contributed by atoms with Crippen LogP contribution < -0.4 is 10.2 Å². The van der Waals surface area contributed by atoms with Gasteiger partial charge in [-0.3, -0.25) is 9.69 Å². The Morgan fingerprint density at radius 3 is 2.50 bits per heavy atom. The molecule has 0 spiro atoms. The summed E-state index contributed by atoms with van der Waals surface area (Å²) < 4.78 is 41.9. The Balaban J connectivity index is 1.69. The van der Waals surface area contributed by atoms with Crippen molar-refractivity contribution in [1.82, 2.24) is 0 Å². The zero-order chi connectivity index (χ0) is 18.7. The first-order chi connectivity index (χ1) is 12.3. The molecule has 0 aromatic heterocycles. The van der Waals surface area contributed by atoms with Gasteiger partial charge in [-0.05, 0) is 54.2 Å². The van der Waals surface area contributed by atoms with E-state index >= 15 is 0 Å². The Morgan fingerprint density at radius 1 is 1.15 bits per heavy atom. The molecule has 0 radical (unpaired) electrons. The summed E-state index contributed by atoms with van der Waals surface area (Å²) in [4.78, 5) is 25.3. The average Bonchev–Trinajstić information content (AvgIpc) is 3.00. The Hall–Kier alpha value is -2.68. The highest BCUT2D eigenvalue weighted by Gasteiger charge is 2.29. The molecule has 1 N–H and O–H groups in total. The largest absolute Gasteiger partial charge is 0.447 e. The average molecular weight is 382 g/mol.